The van der Waals surface area contributed by atoms with Gasteiger partial charge < -0.3 is 9.47 Å². The van der Waals surface area contributed by atoms with Crippen LogP contribution in [-0.2, 0) is 9.53 Å². The van der Waals surface area contributed by atoms with E-state index in [-0.39, 0.29) is 17.6 Å². The molecule has 0 spiro atoms. The van der Waals surface area contributed by atoms with E-state index in [1.54, 1.807) is 0 Å². The lowest BCUT2D eigenvalue weighted by Gasteiger charge is -2.47. The van der Waals surface area contributed by atoms with Gasteiger partial charge in [0, 0.05) is 18.4 Å². The Hall–Kier alpha value is -1.47. The standard InChI is InChI=1S/C32H58N3O3S/c1-7-9-11-13-14-15-16-17-18-19-23-28(36)38-31(32(3,4)5)35(6)24-21-22-27(26-35)29-30(34-39-33-29)37-25-20-12-10-8-2/h22,31H,7-21,23-26H2,1-6H3/q+1. The molecule has 2 atom stereocenters. The van der Waals surface area contributed by atoms with Crippen LogP contribution >= 0.6 is 11.7 Å². The summed E-state index contributed by atoms with van der Waals surface area (Å²) in [6, 6.07) is 0. The molecule has 1 aromatic rings. The third kappa shape index (κ3) is 12.3. The van der Waals surface area contributed by atoms with Gasteiger partial charge >= 0.3 is 5.97 Å². The number of ether oxygens (including phenoxy) is 2. The molecule has 0 radical (unpaired) electrons. The van der Waals surface area contributed by atoms with E-state index in [1.165, 1.54) is 82.4 Å². The van der Waals surface area contributed by atoms with E-state index in [9.17, 15) is 4.79 Å². The first-order chi connectivity index (χ1) is 18.7. The molecule has 0 aromatic carbocycles. The number of carbonyl (C=O) groups excluding carboxylic acids is 1. The minimum absolute atomic E-state index is 0.0589. The molecular weight excluding hydrogens is 506 g/mol. The summed E-state index contributed by atoms with van der Waals surface area (Å²) in [6.45, 7) is 13.4. The van der Waals surface area contributed by atoms with Crippen molar-refractivity contribution < 1.29 is 18.8 Å². The molecule has 224 valence electrons. The SMILES string of the molecule is CCCCCCCCCCCCC(=O)OC(C(C)(C)C)[N+]1(C)CCC=C(c2nsnc2OCCCCCC)C1. The highest BCUT2D eigenvalue weighted by atomic mass is 32.1. The van der Waals surface area contributed by atoms with Crippen molar-refractivity contribution in [3.63, 3.8) is 0 Å². The zero-order valence-corrected chi connectivity index (χ0v) is 26.9. The predicted molar refractivity (Wildman–Crippen MR) is 164 cm³/mol. The van der Waals surface area contributed by atoms with E-state index < -0.39 is 0 Å². The van der Waals surface area contributed by atoms with Crippen LogP contribution in [0.1, 0.15) is 143 Å². The first kappa shape index (κ1) is 33.7. The van der Waals surface area contributed by atoms with Gasteiger partial charge in [-0.1, -0.05) is 118 Å². The molecule has 1 aliphatic heterocycles. The van der Waals surface area contributed by atoms with Gasteiger partial charge in [0.05, 0.1) is 37.3 Å². The maximum atomic E-state index is 13.0. The Morgan fingerprint density at radius 2 is 1.51 bits per heavy atom. The van der Waals surface area contributed by atoms with E-state index >= 15 is 0 Å². The molecule has 0 fully saturated rings. The topological polar surface area (TPSA) is 61.3 Å². The molecule has 0 bridgehead atoms. The van der Waals surface area contributed by atoms with Crippen LogP contribution in [0, 0.1) is 5.41 Å². The third-order valence-corrected chi connectivity index (χ3v) is 8.36. The van der Waals surface area contributed by atoms with E-state index in [1.807, 2.05) is 0 Å². The van der Waals surface area contributed by atoms with Crippen LogP contribution in [0.25, 0.3) is 5.57 Å². The first-order valence-corrected chi connectivity index (χ1v) is 16.6. The molecule has 6 nitrogen and oxygen atoms in total. The molecule has 39 heavy (non-hydrogen) atoms. The highest BCUT2D eigenvalue weighted by Gasteiger charge is 2.46. The van der Waals surface area contributed by atoms with Gasteiger partial charge in [-0.25, -0.2) is 0 Å². The van der Waals surface area contributed by atoms with Gasteiger partial charge in [-0.05, 0) is 12.8 Å². The Labute approximate surface area is 243 Å². The summed E-state index contributed by atoms with van der Waals surface area (Å²) in [5.74, 6) is 0.595. The van der Waals surface area contributed by atoms with Crippen molar-refractivity contribution in [1.29, 1.82) is 0 Å². The molecule has 1 aliphatic rings. The Bertz CT molecular complexity index is 848. The molecular formula is C32H58N3O3S+. The van der Waals surface area contributed by atoms with Crippen molar-refractivity contribution in [2.75, 3.05) is 26.7 Å². The molecule has 2 heterocycles. The predicted octanol–water partition coefficient (Wildman–Crippen LogP) is 8.96. The number of unbranched alkanes of at least 4 members (excludes halogenated alkanes) is 12. The summed E-state index contributed by atoms with van der Waals surface area (Å²) in [5, 5.41) is 0. The normalized spacial score (nSPS) is 18.6. The van der Waals surface area contributed by atoms with Crippen LogP contribution in [0.15, 0.2) is 6.08 Å². The first-order valence-electron chi connectivity index (χ1n) is 15.9. The molecule has 1 aromatic heterocycles. The van der Waals surface area contributed by atoms with Crippen molar-refractivity contribution >= 4 is 23.3 Å². The smallest absolute Gasteiger partial charge is 0.310 e. The van der Waals surface area contributed by atoms with Crippen molar-refractivity contribution in [1.82, 2.24) is 8.75 Å². The summed E-state index contributed by atoms with van der Waals surface area (Å²) >= 11 is 1.21. The fourth-order valence-corrected chi connectivity index (χ4v) is 6.32. The molecule has 0 saturated carbocycles. The van der Waals surface area contributed by atoms with Gasteiger partial charge in [0.15, 0.2) is 0 Å². The molecule has 7 heteroatoms. The number of hydrogen-bond acceptors (Lipinski definition) is 6. The van der Waals surface area contributed by atoms with Crippen LogP contribution in [0.2, 0.25) is 0 Å². The Kier molecular flexibility index (Phi) is 15.6. The van der Waals surface area contributed by atoms with Gasteiger partial charge in [-0.15, -0.1) is 4.37 Å². The lowest BCUT2D eigenvalue weighted by atomic mass is 9.89. The van der Waals surface area contributed by atoms with Crippen LogP contribution < -0.4 is 4.74 Å². The monoisotopic (exact) mass is 564 g/mol. The molecule has 0 N–H and O–H groups in total. The third-order valence-electron chi connectivity index (χ3n) is 7.85. The summed E-state index contributed by atoms with van der Waals surface area (Å²) in [4.78, 5) is 13.0. The highest BCUT2D eigenvalue weighted by Crippen LogP contribution is 2.37. The largest absolute Gasteiger partial charge is 0.475 e. The number of rotatable bonds is 20. The van der Waals surface area contributed by atoms with Crippen LogP contribution in [0.5, 0.6) is 5.88 Å². The summed E-state index contributed by atoms with van der Waals surface area (Å²) < 4.78 is 22.0. The molecule has 0 saturated heterocycles. The fraction of sp³-hybridized carbons (Fsp3) is 0.844. The number of nitrogens with zero attached hydrogens (tertiary/aromatic N) is 3. The van der Waals surface area contributed by atoms with Gasteiger partial charge in [-0.3, -0.25) is 9.28 Å². The highest BCUT2D eigenvalue weighted by molar-refractivity contribution is 6.99. The Balaban J connectivity index is 1.87. The zero-order chi connectivity index (χ0) is 28.6. The number of quaternary nitrogens is 1. The molecule has 0 amide bonds. The maximum Gasteiger partial charge on any atom is 0.310 e. The minimum Gasteiger partial charge on any atom is -0.475 e. The lowest BCUT2D eigenvalue weighted by Crippen LogP contribution is -2.61. The van der Waals surface area contributed by atoms with Gasteiger partial charge in [0.25, 0.3) is 5.88 Å². The molecule has 2 unspecified atom stereocenters. The van der Waals surface area contributed by atoms with Gasteiger partial charge in [0.1, 0.15) is 12.2 Å². The van der Waals surface area contributed by atoms with Crippen LogP contribution in [-0.4, -0.2) is 52.2 Å². The maximum absolute atomic E-state index is 13.0. The molecule has 2 rings (SSSR count). The second-order valence-electron chi connectivity index (χ2n) is 12.8. The summed E-state index contributed by atoms with van der Waals surface area (Å²) in [5.41, 5.74) is 1.84. The van der Waals surface area contributed by atoms with Crippen LogP contribution in [0.3, 0.4) is 0 Å². The number of hydrogen-bond donors (Lipinski definition) is 0. The van der Waals surface area contributed by atoms with E-state index in [0.717, 1.165) is 50.0 Å². The van der Waals surface area contributed by atoms with Crippen molar-refractivity contribution in [2.24, 2.45) is 5.41 Å². The van der Waals surface area contributed by atoms with Crippen molar-refractivity contribution in [3.8, 4) is 5.88 Å². The van der Waals surface area contributed by atoms with Gasteiger partial charge in [-0.2, -0.15) is 4.37 Å². The quantitative estimate of drug-likeness (QED) is 0.0898. The van der Waals surface area contributed by atoms with Crippen molar-refractivity contribution in [2.45, 2.75) is 144 Å². The van der Waals surface area contributed by atoms with Gasteiger partial charge in [0.2, 0.25) is 6.23 Å². The average Bonchev–Trinajstić information content (AvgIpc) is 3.36. The average molecular weight is 565 g/mol. The zero-order valence-electron chi connectivity index (χ0n) is 26.1. The fourth-order valence-electron chi connectivity index (χ4n) is 5.79. The second-order valence-corrected chi connectivity index (χ2v) is 13.4. The second kappa shape index (κ2) is 18.1. The Morgan fingerprint density at radius 1 is 0.923 bits per heavy atom. The lowest BCUT2D eigenvalue weighted by molar-refractivity contribution is -0.954. The number of carbonyl (C=O) groups is 1. The van der Waals surface area contributed by atoms with Crippen LogP contribution in [0.4, 0.5) is 0 Å². The minimum atomic E-state index is -0.221. The number of likely N-dealkylation sites (N-methyl/N-ethyl adjacent to an activating group) is 1. The van der Waals surface area contributed by atoms with E-state index in [2.05, 4.69) is 56.5 Å². The van der Waals surface area contributed by atoms with E-state index in [4.69, 9.17) is 9.47 Å². The summed E-state index contributed by atoms with van der Waals surface area (Å²) in [6.07, 6.45) is 20.8. The number of aromatic nitrogens is 2. The summed E-state index contributed by atoms with van der Waals surface area (Å²) in [7, 11) is 2.22. The number of esters is 1. The van der Waals surface area contributed by atoms with E-state index in [0.29, 0.717) is 23.4 Å². The van der Waals surface area contributed by atoms with Crippen molar-refractivity contribution in [3.05, 3.63) is 11.8 Å². The Morgan fingerprint density at radius 3 is 2.13 bits per heavy atom. The molecule has 0 aliphatic carbocycles.